The number of nitro benzene ring substituents is 1. The fourth-order valence-electron chi connectivity index (χ4n) is 2.18. The average molecular weight is 278 g/mol. The predicted octanol–water partition coefficient (Wildman–Crippen LogP) is 2.21. The molecule has 1 unspecified atom stereocenters. The van der Waals surface area contributed by atoms with Crippen LogP contribution in [0.2, 0.25) is 0 Å². The van der Waals surface area contributed by atoms with Crippen LogP contribution in [0.5, 0.6) is 0 Å². The molecule has 0 spiro atoms. The van der Waals surface area contributed by atoms with E-state index in [0.29, 0.717) is 5.82 Å². The molecule has 0 aliphatic carbocycles. The highest BCUT2D eigenvalue weighted by Gasteiger charge is 2.23. The molecule has 8 heteroatoms. The van der Waals surface area contributed by atoms with Crippen LogP contribution in [-0.2, 0) is 0 Å². The van der Waals surface area contributed by atoms with Gasteiger partial charge in [0.25, 0.3) is 11.6 Å². The summed E-state index contributed by atoms with van der Waals surface area (Å²) >= 11 is 0. The van der Waals surface area contributed by atoms with Crippen molar-refractivity contribution in [3.63, 3.8) is 0 Å². The lowest BCUT2D eigenvalue weighted by atomic mass is 10.2. The Morgan fingerprint density at radius 2 is 2.35 bits per heavy atom. The zero-order chi connectivity index (χ0) is 14.1. The normalized spacial score (nSPS) is 18.4. The second-order valence-corrected chi connectivity index (χ2v) is 4.53. The first-order valence-electron chi connectivity index (χ1n) is 6.16. The van der Waals surface area contributed by atoms with Crippen LogP contribution >= 0.6 is 0 Å². The van der Waals surface area contributed by atoms with E-state index >= 15 is 0 Å². The van der Waals surface area contributed by atoms with E-state index in [4.69, 9.17) is 4.52 Å². The Morgan fingerprint density at radius 1 is 1.50 bits per heavy atom. The number of rotatable bonds is 3. The maximum atomic E-state index is 13.8. The van der Waals surface area contributed by atoms with E-state index < -0.39 is 10.7 Å². The SMILES string of the molecule is O=[N+]([O-])c1ccc(-c2nc(C3CCCN3)no2)c(F)c1. The van der Waals surface area contributed by atoms with E-state index in [1.54, 1.807) is 0 Å². The number of nitrogens with one attached hydrogen (secondary N) is 1. The van der Waals surface area contributed by atoms with Gasteiger partial charge in [-0.3, -0.25) is 10.1 Å². The Kier molecular flexibility index (Phi) is 3.15. The molecule has 1 aliphatic heterocycles. The van der Waals surface area contributed by atoms with E-state index in [1.165, 1.54) is 12.1 Å². The number of nitrogens with zero attached hydrogens (tertiary/aromatic N) is 3. The topological polar surface area (TPSA) is 94.1 Å². The monoisotopic (exact) mass is 278 g/mol. The molecule has 7 nitrogen and oxygen atoms in total. The molecule has 0 saturated carbocycles. The van der Waals surface area contributed by atoms with Crippen LogP contribution in [0.1, 0.15) is 24.7 Å². The molecule has 0 radical (unpaired) electrons. The summed E-state index contributed by atoms with van der Waals surface area (Å²) < 4.78 is 18.9. The summed E-state index contributed by atoms with van der Waals surface area (Å²) in [7, 11) is 0. The molecule has 1 atom stereocenters. The Labute approximate surface area is 112 Å². The van der Waals surface area contributed by atoms with Crippen LogP contribution in [0, 0.1) is 15.9 Å². The highest BCUT2D eigenvalue weighted by molar-refractivity contribution is 5.56. The van der Waals surface area contributed by atoms with Crippen molar-refractivity contribution in [2.75, 3.05) is 6.54 Å². The standard InChI is InChI=1S/C12H11FN4O3/c13-9-6-7(17(18)19)3-4-8(9)12-15-11(16-20-12)10-2-1-5-14-10/h3-4,6,10,14H,1-2,5H2. The minimum atomic E-state index is -0.756. The van der Waals surface area contributed by atoms with Crippen molar-refractivity contribution in [2.24, 2.45) is 0 Å². The van der Waals surface area contributed by atoms with Crippen molar-refractivity contribution in [3.8, 4) is 11.5 Å². The molecule has 3 rings (SSSR count). The smallest absolute Gasteiger partial charge is 0.272 e. The van der Waals surface area contributed by atoms with Crippen molar-refractivity contribution in [1.29, 1.82) is 0 Å². The van der Waals surface area contributed by atoms with Crippen molar-refractivity contribution in [2.45, 2.75) is 18.9 Å². The van der Waals surface area contributed by atoms with Gasteiger partial charge >= 0.3 is 0 Å². The van der Waals surface area contributed by atoms with Crippen molar-refractivity contribution in [1.82, 2.24) is 15.5 Å². The number of hydrogen-bond acceptors (Lipinski definition) is 6. The highest BCUT2D eigenvalue weighted by atomic mass is 19.1. The number of halogens is 1. The lowest BCUT2D eigenvalue weighted by Crippen LogP contribution is -2.14. The Balaban J connectivity index is 1.91. The van der Waals surface area contributed by atoms with Gasteiger partial charge < -0.3 is 9.84 Å². The molecule has 20 heavy (non-hydrogen) atoms. The summed E-state index contributed by atoms with van der Waals surface area (Å²) in [4.78, 5) is 14.0. The molecule has 0 bridgehead atoms. The van der Waals surface area contributed by atoms with Gasteiger partial charge in [0.05, 0.1) is 22.6 Å². The second kappa shape index (κ2) is 4.97. The van der Waals surface area contributed by atoms with Gasteiger partial charge in [-0.1, -0.05) is 5.16 Å². The molecule has 0 amide bonds. The molecule has 1 aromatic carbocycles. The Morgan fingerprint density at radius 3 is 3.00 bits per heavy atom. The van der Waals surface area contributed by atoms with Crippen LogP contribution in [-0.4, -0.2) is 21.6 Å². The Bertz CT molecular complexity index is 652. The van der Waals surface area contributed by atoms with Crippen molar-refractivity contribution in [3.05, 3.63) is 40.0 Å². The zero-order valence-electron chi connectivity index (χ0n) is 10.4. The molecule has 1 N–H and O–H groups in total. The molecule has 1 fully saturated rings. The van der Waals surface area contributed by atoms with E-state index in [1.807, 2.05) is 0 Å². The van der Waals surface area contributed by atoms with Crippen LogP contribution in [0.15, 0.2) is 22.7 Å². The van der Waals surface area contributed by atoms with Gasteiger partial charge in [0.15, 0.2) is 5.82 Å². The first-order valence-corrected chi connectivity index (χ1v) is 6.16. The van der Waals surface area contributed by atoms with E-state index in [0.717, 1.165) is 25.5 Å². The van der Waals surface area contributed by atoms with Crippen molar-refractivity contribution < 1.29 is 13.8 Å². The summed E-state index contributed by atoms with van der Waals surface area (Å²) in [6.07, 6.45) is 1.93. The van der Waals surface area contributed by atoms with E-state index in [9.17, 15) is 14.5 Å². The number of aromatic nitrogens is 2. The third-order valence-electron chi connectivity index (χ3n) is 3.21. The lowest BCUT2D eigenvalue weighted by molar-refractivity contribution is -0.385. The molecular weight excluding hydrogens is 267 g/mol. The quantitative estimate of drug-likeness (QED) is 0.683. The van der Waals surface area contributed by atoms with Crippen LogP contribution in [0.4, 0.5) is 10.1 Å². The summed E-state index contributed by atoms with van der Waals surface area (Å²) in [6, 6.07) is 3.34. The van der Waals surface area contributed by atoms with Crippen LogP contribution in [0.25, 0.3) is 11.5 Å². The number of benzene rings is 1. The summed E-state index contributed by atoms with van der Waals surface area (Å²) in [5, 5.41) is 17.6. The fraction of sp³-hybridized carbons (Fsp3) is 0.333. The largest absolute Gasteiger partial charge is 0.334 e. The third kappa shape index (κ3) is 2.25. The van der Waals surface area contributed by atoms with Gasteiger partial charge in [0.1, 0.15) is 5.82 Å². The third-order valence-corrected chi connectivity index (χ3v) is 3.21. The molecule has 2 aromatic rings. The lowest BCUT2D eigenvalue weighted by Gasteiger charge is -2.01. The summed E-state index contributed by atoms with van der Waals surface area (Å²) in [5.74, 6) is -0.245. The minimum Gasteiger partial charge on any atom is -0.334 e. The maximum absolute atomic E-state index is 13.8. The molecule has 1 aliphatic rings. The number of nitro groups is 1. The number of non-ortho nitro benzene ring substituents is 1. The van der Waals surface area contributed by atoms with E-state index in [2.05, 4.69) is 15.5 Å². The predicted molar refractivity (Wildman–Crippen MR) is 66.3 cm³/mol. The van der Waals surface area contributed by atoms with Gasteiger partial charge in [-0.15, -0.1) is 0 Å². The summed E-state index contributed by atoms with van der Waals surface area (Å²) in [5.41, 5.74) is -0.254. The first-order chi connectivity index (χ1) is 9.65. The maximum Gasteiger partial charge on any atom is 0.272 e. The Hall–Kier alpha value is -2.35. The summed E-state index contributed by atoms with van der Waals surface area (Å²) in [6.45, 7) is 0.889. The molecule has 2 heterocycles. The average Bonchev–Trinajstić information content (AvgIpc) is 3.09. The van der Waals surface area contributed by atoms with Gasteiger partial charge in [0.2, 0.25) is 0 Å². The molecular formula is C12H11FN4O3. The number of hydrogen-bond donors (Lipinski definition) is 1. The van der Waals surface area contributed by atoms with Crippen molar-refractivity contribution >= 4 is 5.69 Å². The van der Waals surface area contributed by atoms with E-state index in [-0.39, 0.29) is 23.2 Å². The fourth-order valence-corrected chi connectivity index (χ4v) is 2.18. The van der Waals surface area contributed by atoms with Gasteiger partial charge in [-0.25, -0.2) is 4.39 Å². The molecule has 104 valence electrons. The van der Waals surface area contributed by atoms with Gasteiger partial charge in [-0.2, -0.15) is 4.98 Å². The molecule has 1 aromatic heterocycles. The van der Waals surface area contributed by atoms with Crippen LogP contribution < -0.4 is 5.32 Å². The first kappa shape index (κ1) is 12.7. The van der Waals surface area contributed by atoms with Gasteiger partial charge in [-0.05, 0) is 25.5 Å². The van der Waals surface area contributed by atoms with Crippen LogP contribution in [0.3, 0.4) is 0 Å². The minimum absolute atomic E-state index is 0.0219. The van der Waals surface area contributed by atoms with Gasteiger partial charge in [0, 0.05) is 6.07 Å². The second-order valence-electron chi connectivity index (χ2n) is 4.53. The highest BCUT2D eigenvalue weighted by Crippen LogP contribution is 2.27. The zero-order valence-corrected chi connectivity index (χ0v) is 10.4. The molecule has 1 saturated heterocycles.